The van der Waals surface area contributed by atoms with Crippen molar-refractivity contribution in [2.24, 2.45) is 0 Å². The zero-order valence-corrected chi connectivity index (χ0v) is 12.1. The van der Waals surface area contributed by atoms with Gasteiger partial charge in [-0.3, -0.25) is 0 Å². The van der Waals surface area contributed by atoms with Crippen molar-refractivity contribution in [3.63, 3.8) is 0 Å². The molecule has 1 unspecified atom stereocenters. The number of rotatable bonds is 8. The van der Waals surface area contributed by atoms with Gasteiger partial charge in [-0.05, 0) is 33.5 Å². The summed E-state index contributed by atoms with van der Waals surface area (Å²) in [5.41, 5.74) is 0. The Labute approximate surface area is 110 Å². The highest BCUT2D eigenvalue weighted by Crippen LogP contribution is 2.02. The van der Waals surface area contributed by atoms with Crippen molar-refractivity contribution in [3.05, 3.63) is 0 Å². The summed E-state index contributed by atoms with van der Waals surface area (Å²) < 4.78 is 31.6. The zero-order chi connectivity index (χ0) is 13.4. The Kier molecular flexibility index (Phi) is 7.10. The predicted molar refractivity (Wildman–Crippen MR) is 72.2 cm³/mol. The van der Waals surface area contributed by atoms with Gasteiger partial charge in [-0.25, -0.2) is 13.1 Å². The third kappa shape index (κ3) is 6.65. The molecule has 1 fully saturated rings. The van der Waals surface area contributed by atoms with E-state index in [1.807, 2.05) is 14.1 Å². The fourth-order valence-electron chi connectivity index (χ4n) is 1.88. The van der Waals surface area contributed by atoms with Crippen LogP contribution in [0.2, 0.25) is 0 Å². The molecule has 0 aromatic heterocycles. The van der Waals surface area contributed by atoms with E-state index in [4.69, 9.17) is 4.74 Å². The van der Waals surface area contributed by atoms with Crippen LogP contribution >= 0.6 is 0 Å². The predicted octanol–water partition coefficient (Wildman–Crippen LogP) is -0.764. The van der Waals surface area contributed by atoms with Crippen molar-refractivity contribution in [2.45, 2.75) is 18.9 Å². The van der Waals surface area contributed by atoms with Gasteiger partial charge < -0.3 is 15.0 Å². The van der Waals surface area contributed by atoms with Crippen LogP contribution in [-0.4, -0.2) is 72.1 Å². The van der Waals surface area contributed by atoms with Crippen LogP contribution in [0.4, 0.5) is 0 Å². The summed E-state index contributed by atoms with van der Waals surface area (Å²) >= 11 is 0. The second-order valence-corrected chi connectivity index (χ2v) is 6.66. The molecule has 1 rings (SSSR count). The van der Waals surface area contributed by atoms with Crippen molar-refractivity contribution >= 4 is 10.0 Å². The monoisotopic (exact) mass is 279 g/mol. The number of sulfonamides is 1. The summed E-state index contributed by atoms with van der Waals surface area (Å²) in [5, 5.41) is 3.00. The molecule has 0 aliphatic carbocycles. The Morgan fingerprint density at radius 1 is 1.39 bits per heavy atom. The molecule has 108 valence electrons. The lowest BCUT2D eigenvalue weighted by Crippen LogP contribution is -2.46. The highest BCUT2D eigenvalue weighted by molar-refractivity contribution is 7.89. The third-order valence-corrected chi connectivity index (χ3v) is 4.40. The van der Waals surface area contributed by atoms with Gasteiger partial charge in [0.15, 0.2) is 0 Å². The molecule has 1 atom stereocenters. The second-order valence-electron chi connectivity index (χ2n) is 4.73. The molecular formula is C11H25N3O3S. The van der Waals surface area contributed by atoms with E-state index >= 15 is 0 Å². The lowest BCUT2D eigenvalue weighted by Gasteiger charge is -2.30. The fraction of sp³-hybridized carbons (Fsp3) is 1.00. The maximum Gasteiger partial charge on any atom is 0.211 e. The van der Waals surface area contributed by atoms with Gasteiger partial charge in [-0.15, -0.1) is 0 Å². The van der Waals surface area contributed by atoms with E-state index in [-0.39, 0.29) is 11.9 Å². The minimum atomic E-state index is -3.16. The van der Waals surface area contributed by atoms with Crippen LogP contribution in [0.3, 0.4) is 0 Å². The summed E-state index contributed by atoms with van der Waals surface area (Å²) in [7, 11) is 0.725. The summed E-state index contributed by atoms with van der Waals surface area (Å²) in [6.45, 7) is 3.59. The van der Waals surface area contributed by atoms with Gasteiger partial charge >= 0.3 is 0 Å². The molecule has 6 nitrogen and oxygen atoms in total. The van der Waals surface area contributed by atoms with Crippen molar-refractivity contribution in [3.8, 4) is 0 Å². The molecule has 1 aliphatic rings. The van der Waals surface area contributed by atoms with E-state index in [1.165, 1.54) is 0 Å². The largest absolute Gasteiger partial charge is 0.374 e. The van der Waals surface area contributed by atoms with Crippen LogP contribution in [0.25, 0.3) is 0 Å². The molecule has 0 bridgehead atoms. The van der Waals surface area contributed by atoms with E-state index in [0.29, 0.717) is 19.6 Å². The Morgan fingerprint density at radius 2 is 2.17 bits per heavy atom. The summed E-state index contributed by atoms with van der Waals surface area (Å²) in [5.74, 6) is 0.192. The summed E-state index contributed by atoms with van der Waals surface area (Å²) in [6.07, 6.45) is 1.53. The quantitative estimate of drug-likeness (QED) is 0.571. The fourth-order valence-corrected chi connectivity index (χ4v) is 3.04. The standard InChI is InChI=1S/C11H25N3O3S/c1-12-5-3-4-8-18(15,16)13-9-11-10-14(2)6-7-17-11/h11-13H,3-10H2,1-2H3. The van der Waals surface area contributed by atoms with E-state index in [2.05, 4.69) is 14.9 Å². The molecule has 18 heavy (non-hydrogen) atoms. The Balaban J connectivity index is 2.19. The molecule has 0 aromatic carbocycles. The number of nitrogens with one attached hydrogen (secondary N) is 2. The van der Waals surface area contributed by atoms with Crippen molar-refractivity contribution in [1.82, 2.24) is 14.9 Å². The maximum absolute atomic E-state index is 11.7. The number of unbranched alkanes of at least 4 members (excludes halogenated alkanes) is 1. The normalized spacial score (nSPS) is 22.2. The first-order valence-corrected chi connectivity index (χ1v) is 8.11. The van der Waals surface area contributed by atoms with E-state index < -0.39 is 10.0 Å². The van der Waals surface area contributed by atoms with E-state index in [1.54, 1.807) is 0 Å². The lowest BCUT2D eigenvalue weighted by atomic mass is 10.3. The molecule has 1 saturated heterocycles. The average Bonchev–Trinajstić information content (AvgIpc) is 2.33. The summed E-state index contributed by atoms with van der Waals surface area (Å²) in [4.78, 5) is 2.15. The molecule has 1 aliphatic heterocycles. The van der Waals surface area contributed by atoms with Gasteiger partial charge in [0, 0.05) is 19.6 Å². The highest BCUT2D eigenvalue weighted by Gasteiger charge is 2.19. The molecule has 0 saturated carbocycles. The number of hydrogen-bond donors (Lipinski definition) is 2. The Bertz CT molecular complexity index is 321. The molecule has 0 aromatic rings. The number of hydrogen-bond acceptors (Lipinski definition) is 5. The summed E-state index contributed by atoms with van der Waals surface area (Å²) in [6, 6.07) is 0. The topological polar surface area (TPSA) is 70.7 Å². The molecule has 1 heterocycles. The van der Waals surface area contributed by atoms with Crippen LogP contribution < -0.4 is 10.0 Å². The minimum Gasteiger partial charge on any atom is -0.374 e. The first kappa shape index (κ1) is 15.8. The number of nitrogens with zero attached hydrogens (tertiary/aromatic N) is 1. The van der Waals surface area contributed by atoms with Gasteiger partial charge in [-0.2, -0.15) is 0 Å². The van der Waals surface area contributed by atoms with Crippen molar-refractivity contribution < 1.29 is 13.2 Å². The average molecular weight is 279 g/mol. The molecule has 0 spiro atoms. The first-order valence-electron chi connectivity index (χ1n) is 6.45. The third-order valence-electron chi connectivity index (χ3n) is 2.96. The minimum absolute atomic E-state index is 0.0316. The van der Waals surface area contributed by atoms with Gasteiger partial charge in [0.05, 0.1) is 18.5 Å². The SMILES string of the molecule is CNCCCCS(=O)(=O)NCC1CN(C)CCO1. The van der Waals surface area contributed by atoms with Crippen LogP contribution in [0.1, 0.15) is 12.8 Å². The van der Waals surface area contributed by atoms with Crippen molar-refractivity contribution in [1.29, 1.82) is 0 Å². The van der Waals surface area contributed by atoms with Crippen LogP contribution in [0.5, 0.6) is 0 Å². The van der Waals surface area contributed by atoms with Crippen LogP contribution in [0, 0.1) is 0 Å². The number of morpholine rings is 1. The molecular weight excluding hydrogens is 254 g/mol. The lowest BCUT2D eigenvalue weighted by molar-refractivity contribution is -0.0156. The number of likely N-dealkylation sites (N-methyl/N-ethyl adjacent to an activating group) is 1. The number of ether oxygens (including phenoxy) is 1. The maximum atomic E-state index is 11.7. The Morgan fingerprint density at radius 3 is 2.83 bits per heavy atom. The van der Waals surface area contributed by atoms with E-state index in [0.717, 1.165) is 26.1 Å². The molecule has 0 amide bonds. The van der Waals surface area contributed by atoms with Gasteiger partial charge in [0.2, 0.25) is 10.0 Å². The second kappa shape index (κ2) is 8.06. The Hall–Kier alpha value is -0.210. The van der Waals surface area contributed by atoms with Crippen LogP contribution in [-0.2, 0) is 14.8 Å². The van der Waals surface area contributed by atoms with Gasteiger partial charge in [0.1, 0.15) is 0 Å². The van der Waals surface area contributed by atoms with Crippen LogP contribution in [0.15, 0.2) is 0 Å². The molecule has 0 radical (unpaired) electrons. The molecule has 7 heteroatoms. The molecule has 2 N–H and O–H groups in total. The highest BCUT2D eigenvalue weighted by atomic mass is 32.2. The van der Waals surface area contributed by atoms with Crippen molar-refractivity contribution in [2.75, 3.05) is 52.6 Å². The first-order chi connectivity index (χ1) is 8.53. The van der Waals surface area contributed by atoms with Gasteiger partial charge in [-0.1, -0.05) is 0 Å². The zero-order valence-electron chi connectivity index (χ0n) is 11.3. The van der Waals surface area contributed by atoms with E-state index in [9.17, 15) is 8.42 Å². The smallest absolute Gasteiger partial charge is 0.211 e. The van der Waals surface area contributed by atoms with Gasteiger partial charge in [0.25, 0.3) is 0 Å².